The molecule has 3 aromatic rings. The maximum absolute atomic E-state index is 5.24. The number of ether oxygens (including phenoxy) is 1. The average molecular weight is 373 g/mol. The van der Waals surface area contributed by atoms with Gasteiger partial charge in [0.2, 0.25) is 0 Å². The van der Waals surface area contributed by atoms with E-state index in [1.165, 1.54) is 28.7 Å². The van der Waals surface area contributed by atoms with E-state index in [9.17, 15) is 0 Å². The third-order valence-corrected chi connectivity index (χ3v) is 5.49. The van der Waals surface area contributed by atoms with Crippen molar-refractivity contribution in [2.24, 2.45) is 0 Å². The zero-order valence-corrected chi connectivity index (χ0v) is 16.5. The van der Waals surface area contributed by atoms with Crippen molar-refractivity contribution >= 4 is 0 Å². The van der Waals surface area contributed by atoms with E-state index < -0.39 is 0 Å². The van der Waals surface area contributed by atoms with Gasteiger partial charge in [-0.15, -0.1) is 0 Å². The number of rotatable bonds is 7. The molecule has 0 unspecified atom stereocenters. The molecule has 1 heterocycles. The van der Waals surface area contributed by atoms with Crippen LogP contribution in [-0.2, 0) is 13.1 Å². The van der Waals surface area contributed by atoms with Gasteiger partial charge in [0, 0.05) is 32.2 Å². The molecule has 0 bridgehead atoms. The molecular formula is C25H28N2O. The third kappa shape index (κ3) is 4.80. The lowest BCUT2D eigenvalue weighted by Gasteiger charge is -2.17. The molecule has 1 N–H and O–H groups in total. The van der Waals surface area contributed by atoms with Crippen LogP contribution in [0.4, 0.5) is 0 Å². The molecule has 1 aliphatic heterocycles. The Morgan fingerprint density at radius 3 is 2.25 bits per heavy atom. The van der Waals surface area contributed by atoms with Crippen LogP contribution in [0.2, 0.25) is 0 Å². The van der Waals surface area contributed by atoms with E-state index in [1.807, 2.05) is 12.1 Å². The summed E-state index contributed by atoms with van der Waals surface area (Å²) in [6.07, 6.45) is 1.21. The van der Waals surface area contributed by atoms with Crippen molar-refractivity contribution in [3.8, 4) is 16.9 Å². The van der Waals surface area contributed by atoms with Crippen LogP contribution in [0, 0.1) is 0 Å². The molecule has 28 heavy (non-hydrogen) atoms. The number of nitrogens with one attached hydrogen (secondary N) is 1. The topological polar surface area (TPSA) is 24.5 Å². The van der Waals surface area contributed by atoms with Gasteiger partial charge < -0.3 is 10.1 Å². The number of hydrogen-bond donors (Lipinski definition) is 1. The average Bonchev–Trinajstić information content (AvgIpc) is 3.21. The van der Waals surface area contributed by atoms with Crippen LogP contribution in [0.15, 0.2) is 78.9 Å². The predicted octanol–water partition coefficient (Wildman–Crippen LogP) is 4.73. The Balaban J connectivity index is 1.25. The van der Waals surface area contributed by atoms with Crippen LogP contribution in [-0.4, -0.2) is 31.1 Å². The minimum Gasteiger partial charge on any atom is -0.497 e. The highest BCUT2D eigenvalue weighted by molar-refractivity contribution is 5.63. The van der Waals surface area contributed by atoms with Crippen molar-refractivity contribution in [2.75, 3.05) is 20.2 Å². The molecule has 0 spiro atoms. The Labute approximate surface area is 168 Å². The fourth-order valence-corrected chi connectivity index (χ4v) is 3.84. The lowest BCUT2D eigenvalue weighted by atomic mass is 10.0. The van der Waals surface area contributed by atoms with Gasteiger partial charge in [-0.25, -0.2) is 0 Å². The Bertz CT molecular complexity index is 859. The molecule has 1 atom stereocenters. The van der Waals surface area contributed by atoms with Gasteiger partial charge in [0.1, 0.15) is 5.75 Å². The standard InChI is InChI=1S/C25H28N2O/c1-28-25-13-9-21(10-14-25)18-27-16-15-24(19-27)26-17-20-7-11-23(12-8-20)22-5-3-2-4-6-22/h2-14,24,26H,15-19H2,1H3/t24-/m0/s1. The van der Waals surface area contributed by atoms with Crippen LogP contribution in [0.3, 0.4) is 0 Å². The van der Waals surface area contributed by atoms with E-state index in [2.05, 4.69) is 76.9 Å². The van der Waals surface area contributed by atoms with Crippen molar-refractivity contribution in [1.82, 2.24) is 10.2 Å². The molecule has 1 fully saturated rings. The molecule has 4 rings (SSSR count). The van der Waals surface area contributed by atoms with Crippen molar-refractivity contribution < 1.29 is 4.74 Å². The van der Waals surface area contributed by atoms with E-state index >= 15 is 0 Å². The van der Waals surface area contributed by atoms with Crippen LogP contribution in [0.1, 0.15) is 17.5 Å². The van der Waals surface area contributed by atoms with Gasteiger partial charge in [-0.1, -0.05) is 66.7 Å². The smallest absolute Gasteiger partial charge is 0.118 e. The first-order valence-electron chi connectivity index (χ1n) is 10.0. The van der Waals surface area contributed by atoms with Crippen LogP contribution >= 0.6 is 0 Å². The molecule has 0 amide bonds. The van der Waals surface area contributed by atoms with E-state index in [0.29, 0.717) is 6.04 Å². The molecule has 3 aromatic carbocycles. The highest BCUT2D eigenvalue weighted by atomic mass is 16.5. The summed E-state index contributed by atoms with van der Waals surface area (Å²) in [7, 11) is 1.71. The lowest BCUT2D eigenvalue weighted by Crippen LogP contribution is -2.31. The summed E-state index contributed by atoms with van der Waals surface area (Å²) in [6.45, 7) is 4.19. The van der Waals surface area contributed by atoms with Gasteiger partial charge in [0.05, 0.1) is 7.11 Å². The first-order chi connectivity index (χ1) is 13.8. The summed E-state index contributed by atoms with van der Waals surface area (Å²) in [5, 5.41) is 3.73. The van der Waals surface area contributed by atoms with Gasteiger partial charge in [0.25, 0.3) is 0 Å². The Morgan fingerprint density at radius 1 is 0.857 bits per heavy atom. The highest BCUT2D eigenvalue weighted by Gasteiger charge is 2.21. The molecular weight excluding hydrogens is 344 g/mol. The van der Waals surface area contributed by atoms with Crippen molar-refractivity contribution in [1.29, 1.82) is 0 Å². The molecule has 1 aliphatic rings. The molecule has 0 radical (unpaired) electrons. The minimum atomic E-state index is 0.562. The number of likely N-dealkylation sites (tertiary alicyclic amines) is 1. The fourth-order valence-electron chi connectivity index (χ4n) is 3.84. The zero-order chi connectivity index (χ0) is 19.2. The Kier molecular flexibility index (Phi) is 6.05. The van der Waals surface area contributed by atoms with Gasteiger partial charge in [-0.05, 0) is 40.8 Å². The Morgan fingerprint density at radius 2 is 1.54 bits per heavy atom. The number of benzene rings is 3. The monoisotopic (exact) mass is 372 g/mol. The van der Waals surface area contributed by atoms with Crippen LogP contribution < -0.4 is 10.1 Å². The van der Waals surface area contributed by atoms with E-state index in [-0.39, 0.29) is 0 Å². The van der Waals surface area contributed by atoms with Gasteiger partial charge in [0.15, 0.2) is 0 Å². The molecule has 0 aliphatic carbocycles. The maximum Gasteiger partial charge on any atom is 0.118 e. The summed E-state index contributed by atoms with van der Waals surface area (Å²) >= 11 is 0. The van der Waals surface area contributed by atoms with E-state index in [4.69, 9.17) is 4.74 Å². The quantitative estimate of drug-likeness (QED) is 0.649. The van der Waals surface area contributed by atoms with Crippen LogP contribution in [0.25, 0.3) is 11.1 Å². The first kappa shape index (κ1) is 18.7. The van der Waals surface area contributed by atoms with Crippen molar-refractivity contribution in [3.05, 3.63) is 90.0 Å². The van der Waals surface area contributed by atoms with E-state index in [1.54, 1.807) is 7.11 Å². The highest BCUT2D eigenvalue weighted by Crippen LogP contribution is 2.20. The Hall–Kier alpha value is -2.62. The molecule has 0 saturated carbocycles. The summed E-state index contributed by atoms with van der Waals surface area (Å²) in [5.41, 5.74) is 5.23. The summed E-state index contributed by atoms with van der Waals surface area (Å²) in [5.74, 6) is 0.919. The summed E-state index contributed by atoms with van der Waals surface area (Å²) in [6, 6.07) is 28.4. The van der Waals surface area contributed by atoms with Gasteiger partial charge >= 0.3 is 0 Å². The number of methoxy groups -OCH3 is 1. The normalized spacial score (nSPS) is 17.0. The second-order valence-electron chi connectivity index (χ2n) is 7.51. The second kappa shape index (κ2) is 9.05. The molecule has 1 saturated heterocycles. The number of hydrogen-bond acceptors (Lipinski definition) is 3. The molecule has 3 nitrogen and oxygen atoms in total. The van der Waals surface area contributed by atoms with Gasteiger partial charge in [-0.2, -0.15) is 0 Å². The fraction of sp³-hybridized carbons (Fsp3) is 0.280. The van der Waals surface area contributed by atoms with Crippen molar-refractivity contribution in [3.63, 3.8) is 0 Å². The van der Waals surface area contributed by atoms with E-state index in [0.717, 1.165) is 31.9 Å². The third-order valence-electron chi connectivity index (χ3n) is 5.49. The SMILES string of the molecule is COc1ccc(CN2CC[C@H](NCc3ccc(-c4ccccc4)cc3)C2)cc1. The predicted molar refractivity (Wildman–Crippen MR) is 115 cm³/mol. The summed E-state index contributed by atoms with van der Waals surface area (Å²) in [4.78, 5) is 2.53. The summed E-state index contributed by atoms with van der Waals surface area (Å²) < 4.78 is 5.24. The zero-order valence-electron chi connectivity index (χ0n) is 16.5. The largest absolute Gasteiger partial charge is 0.497 e. The molecule has 0 aromatic heterocycles. The van der Waals surface area contributed by atoms with Crippen molar-refractivity contribution in [2.45, 2.75) is 25.6 Å². The van der Waals surface area contributed by atoms with Gasteiger partial charge in [-0.3, -0.25) is 4.90 Å². The second-order valence-corrected chi connectivity index (χ2v) is 7.51. The maximum atomic E-state index is 5.24. The number of nitrogens with zero attached hydrogens (tertiary/aromatic N) is 1. The minimum absolute atomic E-state index is 0.562. The molecule has 144 valence electrons. The van der Waals surface area contributed by atoms with Crippen LogP contribution in [0.5, 0.6) is 5.75 Å². The first-order valence-corrected chi connectivity index (χ1v) is 10.0. The molecule has 3 heteroatoms. The lowest BCUT2D eigenvalue weighted by molar-refractivity contribution is 0.319.